The molecule has 0 radical (unpaired) electrons. The lowest BCUT2D eigenvalue weighted by Gasteiger charge is -2.29. The number of aliphatic hydroxyl groups excluding tert-OH is 7. The molecular weight excluding hydrogens is 256 g/mol. The van der Waals surface area contributed by atoms with Gasteiger partial charge >= 0.3 is 5.97 Å². The van der Waals surface area contributed by atoms with E-state index in [9.17, 15) is 25.2 Å². The van der Waals surface area contributed by atoms with E-state index in [1.54, 1.807) is 0 Å². The molecule has 0 aromatic carbocycles. The van der Waals surface area contributed by atoms with Crippen LogP contribution in [0.3, 0.4) is 0 Å². The van der Waals surface area contributed by atoms with Crippen molar-refractivity contribution in [3.05, 3.63) is 0 Å². The fourth-order valence-electron chi connectivity index (χ4n) is 1.12. The maximum absolute atomic E-state index is 10.6. The first-order chi connectivity index (χ1) is 8.27. The molecule has 0 aliphatic carbocycles. The summed E-state index contributed by atoms with van der Waals surface area (Å²) in [5, 5.41) is 71.5. The van der Waals surface area contributed by atoms with Crippen LogP contribution in [0.25, 0.3) is 0 Å². The predicted octanol–water partition coefficient (Wildman–Crippen LogP) is -4.84. The molecule has 0 aliphatic heterocycles. The summed E-state index contributed by atoms with van der Waals surface area (Å²) < 4.78 is 0. The second-order valence-electron chi connectivity index (χ2n) is 3.57. The summed E-state index contributed by atoms with van der Waals surface area (Å²) in [6, 6.07) is 0. The van der Waals surface area contributed by atoms with Crippen LogP contribution in [0.1, 0.15) is 0 Å². The van der Waals surface area contributed by atoms with Gasteiger partial charge in [0.15, 0.2) is 6.10 Å². The third-order valence-electron chi connectivity index (χ3n) is 2.29. The van der Waals surface area contributed by atoms with E-state index < -0.39 is 49.2 Å². The second kappa shape index (κ2) is 7.56. The van der Waals surface area contributed by atoms with Gasteiger partial charge in [0.1, 0.15) is 30.5 Å². The third-order valence-corrected chi connectivity index (χ3v) is 2.29. The Hall–Kier alpha value is -0.850. The quantitative estimate of drug-likeness (QED) is 0.165. The lowest BCUT2D eigenvalue weighted by molar-refractivity contribution is -0.250. The van der Waals surface area contributed by atoms with Gasteiger partial charge in [-0.2, -0.15) is 5.26 Å². The lowest BCUT2D eigenvalue weighted by atomic mass is 9.96. The molecule has 10 heteroatoms. The van der Waals surface area contributed by atoms with Crippen LogP contribution in [0.4, 0.5) is 0 Å². The summed E-state index contributed by atoms with van der Waals surface area (Å²) in [5.41, 5.74) is 0. The molecule has 8 N–H and O–H groups in total. The van der Waals surface area contributed by atoms with Gasteiger partial charge in [-0.05, 0) is 0 Å². The van der Waals surface area contributed by atoms with E-state index in [1.807, 2.05) is 0 Å². The predicted molar refractivity (Wildman–Crippen MR) is 51.8 cm³/mol. The Morgan fingerprint density at radius 3 is 1.72 bits per heavy atom. The smallest absolute Gasteiger partial charge is 0.373 e. The van der Waals surface area contributed by atoms with Gasteiger partial charge in [-0.25, -0.2) is 4.79 Å². The molecule has 0 heterocycles. The van der Waals surface area contributed by atoms with Crippen molar-refractivity contribution < 1.29 is 50.7 Å². The molecule has 10 nitrogen and oxygen atoms in total. The van der Waals surface area contributed by atoms with Gasteiger partial charge in [-0.1, -0.05) is 0 Å². The normalized spacial score (nSPS) is 21.6. The molecule has 6 atom stereocenters. The number of carbonyl (C=O) groups excluding carboxylic acids is 1. The van der Waals surface area contributed by atoms with Crippen molar-refractivity contribution >= 4 is 5.97 Å². The summed E-state index contributed by atoms with van der Waals surface area (Å²) in [5.74, 6) is -1.69. The number of carbonyl (C=O) groups is 1. The van der Waals surface area contributed by atoms with Crippen LogP contribution in [0, 0.1) is 0 Å². The van der Waals surface area contributed by atoms with E-state index in [0.29, 0.717) is 0 Å². The molecule has 0 fully saturated rings. The monoisotopic (exact) mass is 272 g/mol. The van der Waals surface area contributed by atoms with Crippen molar-refractivity contribution in [2.24, 2.45) is 0 Å². The molecule has 0 aromatic heterocycles. The van der Waals surface area contributed by atoms with Crippen LogP contribution >= 0.6 is 0 Å². The Labute approximate surface area is 101 Å². The number of rotatable bonds is 7. The van der Waals surface area contributed by atoms with Crippen molar-refractivity contribution in [2.45, 2.75) is 36.6 Å². The Balaban J connectivity index is 4.62. The molecule has 6 unspecified atom stereocenters. The topological polar surface area (TPSA) is 188 Å². The van der Waals surface area contributed by atoms with E-state index in [-0.39, 0.29) is 0 Å². The van der Waals surface area contributed by atoms with Gasteiger partial charge in [0.05, 0.1) is 6.61 Å². The Kier molecular flexibility index (Phi) is 7.20. The van der Waals surface area contributed by atoms with Crippen LogP contribution in [0.2, 0.25) is 0 Å². The number of aliphatic hydroxyl groups is 7. The molecule has 0 saturated heterocycles. The molecule has 18 heavy (non-hydrogen) atoms. The van der Waals surface area contributed by atoms with Crippen LogP contribution in [0.15, 0.2) is 0 Å². The highest BCUT2D eigenvalue weighted by atomic mass is 17.1. The van der Waals surface area contributed by atoms with Crippen molar-refractivity contribution in [1.29, 1.82) is 0 Å². The Morgan fingerprint density at radius 2 is 1.33 bits per heavy atom. The van der Waals surface area contributed by atoms with Crippen molar-refractivity contribution in [3.8, 4) is 0 Å². The van der Waals surface area contributed by atoms with Gasteiger partial charge in [0.2, 0.25) is 0 Å². The first-order valence-corrected chi connectivity index (χ1v) is 4.82. The lowest BCUT2D eigenvalue weighted by Crippen LogP contribution is -2.54. The molecule has 0 aromatic rings. The second-order valence-corrected chi connectivity index (χ2v) is 3.57. The van der Waals surface area contributed by atoms with Gasteiger partial charge in [0, 0.05) is 0 Å². The fourth-order valence-corrected chi connectivity index (χ4v) is 1.12. The zero-order valence-electron chi connectivity index (χ0n) is 9.07. The van der Waals surface area contributed by atoms with Gasteiger partial charge in [-0.15, -0.1) is 0 Å². The summed E-state index contributed by atoms with van der Waals surface area (Å²) in [7, 11) is 0. The highest BCUT2D eigenvalue weighted by Crippen LogP contribution is 2.11. The van der Waals surface area contributed by atoms with Crippen molar-refractivity contribution in [1.82, 2.24) is 0 Å². The summed E-state index contributed by atoms with van der Waals surface area (Å²) in [6.07, 6.45) is -12.9. The van der Waals surface area contributed by atoms with Crippen LogP contribution in [0.5, 0.6) is 0 Å². The van der Waals surface area contributed by atoms with Crippen LogP contribution in [-0.4, -0.2) is 90.2 Å². The van der Waals surface area contributed by atoms with E-state index in [1.165, 1.54) is 0 Å². The number of hydrogen-bond donors (Lipinski definition) is 8. The average molecular weight is 272 g/mol. The zero-order chi connectivity index (χ0) is 14.5. The highest BCUT2D eigenvalue weighted by Gasteiger charge is 2.39. The van der Waals surface area contributed by atoms with Crippen molar-refractivity contribution in [2.75, 3.05) is 6.61 Å². The van der Waals surface area contributed by atoms with Crippen molar-refractivity contribution in [3.63, 3.8) is 0 Å². The third kappa shape index (κ3) is 4.12. The molecule has 0 bridgehead atoms. The van der Waals surface area contributed by atoms with Gasteiger partial charge < -0.3 is 35.7 Å². The molecule has 0 rings (SSSR count). The molecule has 0 saturated carbocycles. The minimum atomic E-state index is -2.38. The highest BCUT2D eigenvalue weighted by molar-refractivity contribution is 5.74. The summed E-state index contributed by atoms with van der Waals surface area (Å²) >= 11 is 0. The Morgan fingerprint density at radius 1 is 0.889 bits per heavy atom. The fraction of sp³-hybridized carbons (Fsp3) is 0.875. The molecular formula is C8H16O10. The minimum absolute atomic E-state index is 0.928. The average Bonchev–Trinajstić information content (AvgIpc) is 2.40. The SMILES string of the molecule is O=C(OO)C(O)C(O)C(O)C(O)C(O)C(O)CO. The largest absolute Gasteiger partial charge is 0.394 e. The summed E-state index contributed by atoms with van der Waals surface area (Å²) in [4.78, 5) is 13.7. The van der Waals surface area contributed by atoms with Gasteiger partial charge in [-0.3, -0.25) is 4.89 Å². The Bertz CT molecular complexity index is 258. The maximum atomic E-state index is 10.6. The number of hydrogen-bond acceptors (Lipinski definition) is 10. The van der Waals surface area contributed by atoms with E-state index in [0.717, 1.165) is 0 Å². The molecule has 0 spiro atoms. The zero-order valence-corrected chi connectivity index (χ0v) is 9.07. The standard InChI is InChI=1S/C8H16O10/c9-1-2(10)3(11)4(12)5(13)6(14)7(15)8(16)18-17/h2-7,9-15,17H,1H2. The van der Waals surface area contributed by atoms with E-state index >= 15 is 0 Å². The molecule has 0 amide bonds. The minimum Gasteiger partial charge on any atom is -0.394 e. The van der Waals surface area contributed by atoms with Crippen LogP contribution in [-0.2, 0) is 9.68 Å². The summed E-state index contributed by atoms with van der Waals surface area (Å²) in [6.45, 7) is -0.928. The van der Waals surface area contributed by atoms with Gasteiger partial charge in [0.25, 0.3) is 0 Å². The first kappa shape index (κ1) is 17.2. The van der Waals surface area contributed by atoms with Crippen LogP contribution < -0.4 is 0 Å². The van der Waals surface area contributed by atoms with E-state index in [2.05, 4.69) is 4.89 Å². The first-order valence-electron chi connectivity index (χ1n) is 4.82. The maximum Gasteiger partial charge on any atom is 0.373 e. The molecule has 108 valence electrons. The van der Waals surface area contributed by atoms with E-state index in [4.69, 9.17) is 20.6 Å². The molecule has 0 aliphatic rings.